The van der Waals surface area contributed by atoms with Crippen molar-refractivity contribution in [1.29, 1.82) is 0 Å². The van der Waals surface area contributed by atoms with Gasteiger partial charge in [0, 0.05) is 26.1 Å². The van der Waals surface area contributed by atoms with Crippen LogP contribution in [0.15, 0.2) is 6.20 Å². The van der Waals surface area contributed by atoms with Gasteiger partial charge in [-0.25, -0.2) is 0 Å². The predicted molar refractivity (Wildman–Crippen MR) is 91.3 cm³/mol. The molecule has 8 heteroatoms. The van der Waals surface area contributed by atoms with Crippen molar-refractivity contribution >= 4 is 23.5 Å². The molecule has 3 fully saturated rings. The van der Waals surface area contributed by atoms with Crippen molar-refractivity contribution < 1.29 is 14.3 Å². The maximum Gasteiger partial charge on any atom is 0.312 e. The summed E-state index contributed by atoms with van der Waals surface area (Å²) in [4.78, 5) is 29.1. The summed E-state index contributed by atoms with van der Waals surface area (Å²) in [7, 11) is 0. The van der Waals surface area contributed by atoms with Gasteiger partial charge in [0.2, 0.25) is 0 Å². The number of carbonyl (C=O) groups is 2. The van der Waals surface area contributed by atoms with Crippen molar-refractivity contribution in [3.8, 4) is 0 Å². The molecule has 1 atom stereocenters. The Morgan fingerprint density at radius 3 is 2.68 bits per heavy atom. The second-order valence-electron chi connectivity index (χ2n) is 7.40. The van der Waals surface area contributed by atoms with Gasteiger partial charge in [0.1, 0.15) is 11.8 Å². The summed E-state index contributed by atoms with van der Waals surface area (Å²) >= 11 is 5.98. The van der Waals surface area contributed by atoms with Crippen molar-refractivity contribution in [2.75, 3.05) is 32.7 Å². The molecule has 0 saturated carbocycles. The Morgan fingerprint density at radius 1 is 1.32 bits per heavy atom. The zero-order valence-electron chi connectivity index (χ0n) is 14.2. The van der Waals surface area contributed by atoms with E-state index in [9.17, 15) is 9.59 Å². The zero-order chi connectivity index (χ0) is 17.4. The van der Waals surface area contributed by atoms with E-state index in [1.807, 2.05) is 0 Å². The maximum absolute atomic E-state index is 12.5. The van der Waals surface area contributed by atoms with Crippen molar-refractivity contribution in [3.63, 3.8) is 0 Å². The molecular weight excluding hydrogens is 344 g/mol. The summed E-state index contributed by atoms with van der Waals surface area (Å²) in [6.07, 6.45) is 5.97. The lowest BCUT2D eigenvalue weighted by Crippen LogP contribution is -2.45. The molecule has 1 N–H and O–H groups in total. The number of nitrogens with one attached hydrogen (secondary N) is 1. The van der Waals surface area contributed by atoms with Gasteiger partial charge in [0.15, 0.2) is 0 Å². The van der Waals surface area contributed by atoms with Crippen molar-refractivity contribution in [2.45, 2.75) is 38.2 Å². The monoisotopic (exact) mass is 366 g/mol. The van der Waals surface area contributed by atoms with Crippen molar-refractivity contribution in [1.82, 2.24) is 20.0 Å². The minimum absolute atomic E-state index is 0.00472. The average molecular weight is 367 g/mol. The largest absolute Gasteiger partial charge is 0.461 e. The lowest BCUT2D eigenvalue weighted by atomic mass is 9.76. The molecule has 0 aromatic carbocycles. The normalized spacial score (nSPS) is 26.4. The molecule has 3 saturated heterocycles. The molecule has 0 bridgehead atoms. The number of rotatable bonds is 3. The van der Waals surface area contributed by atoms with E-state index >= 15 is 0 Å². The number of ether oxygens (including phenoxy) is 1. The molecule has 1 aromatic heterocycles. The van der Waals surface area contributed by atoms with Crippen LogP contribution in [-0.4, -0.2) is 70.7 Å². The molecule has 1 unspecified atom stereocenters. The molecule has 0 radical (unpaired) electrons. The number of hydrogen-bond acceptors (Lipinski definition) is 5. The van der Waals surface area contributed by atoms with Crippen LogP contribution in [-0.2, 0) is 9.53 Å². The molecule has 3 aliphatic rings. The first-order valence-electron chi connectivity index (χ1n) is 8.99. The number of cyclic esters (lactones) is 1. The molecule has 136 valence electrons. The predicted octanol–water partition coefficient (Wildman–Crippen LogP) is 1.70. The SMILES string of the molecule is O=C(c1[nH]ncc1Cl)N1CCC2(CC1)CC(CN1CCCC1)OC2=O. The van der Waals surface area contributed by atoms with E-state index in [1.165, 1.54) is 19.0 Å². The smallest absolute Gasteiger partial charge is 0.312 e. The lowest BCUT2D eigenvalue weighted by Gasteiger charge is -2.36. The van der Waals surface area contributed by atoms with Gasteiger partial charge in [-0.05, 0) is 38.8 Å². The molecule has 25 heavy (non-hydrogen) atoms. The van der Waals surface area contributed by atoms with E-state index in [4.69, 9.17) is 16.3 Å². The summed E-state index contributed by atoms with van der Waals surface area (Å²) in [5, 5.41) is 6.78. The first-order valence-corrected chi connectivity index (χ1v) is 9.37. The van der Waals surface area contributed by atoms with Gasteiger partial charge in [-0.15, -0.1) is 0 Å². The minimum Gasteiger partial charge on any atom is -0.461 e. The third-order valence-electron chi connectivity index (χ3n) is 5.80. The molecule has 1 aromatic rings. The van der Waals surface area contributed by atoms with E-state index in [-0.39, 0.29) is 18.0 Å². The molecule has 3 aliphatic heterocycles. The maximum atomic E-state index is 12.5. The summed E-state index contributed by atoms with van der Waals surface area (Å²) in [5.74, 6) is -0.235. The van der Waals surface area contributed by atoms with Crippen LogP contribution in [0.2, 0.25) is 5.02 Å². The third-order valence-corrected chi connectivity index (χ3v) is 6.09. The van der Waals surface area contributed by atoms with E-state index in [1.54, 1.807) is 4.90 Å². The van der Waals surface area contributed by atoms with E-state index in [0.717, 1.165) is 26.1 Å². The number of H-pyrrole nitrogens is 1. The molecule has 4 rings (SSSR count). The topological polar surface area (TPSA) is 78.5 Å². The Labute approximate surface area is 151 Å². The van der Waals surface area contributed by atoms with Gasteiger partial charge < -0.3 is 9.64 Å². The Kier molecular flexibility index (Phi) is 4.45. The molecular formula is C17H23ClN4O3. The van der Waals surface area contributed by atoms with Crippen molar-refractivity contribution in [3.05, 3.63) is 16.9 Å². The van der Waals surface area contributed by atoms with E-state index in [0.29, 0.717) is 36.6 Å². The molecule has 1 spiro atoms. The van der Waals surface area contributed by atoms with E-state index in [2.05, 4.69) is 15.1 Å². The van der Waals surface area contributed by atoms with Crippen LogP contribution in [0.4, 0.5) is 0 Å². The number of amides is 1. The van der Waals surface area contributed by atoms with Gasteiger partial charge in [-0.3, -0.25) is 19.6 Å². The van der Waals surface area contributed by atoms with Gasteiger partial charge in [0.05, 0.1) is 16.6 Å². The summed E-state index contributed by atoms with van der Waals surface area (Å²) in [5.41, 5.74) is -0.0996. The molecule has 0 aliphatic carbocycles. The molecule has 7 nitrogen and oxygen atoms in total. The summed E-state index contributed by atoms with van der Waals surface area (Å²) < 4.78 is 5.68. The summed E-state index contributed by atoms with van der Waals surface area (Å²) in [6, 6.07) is 0. The average Bonchev–Trinajstić information content (AvgIpc) is 3.31. The third kappa shape index (κ3) is 3.15. The highest BCUT2D eigenvalue weighted by atomic mass is 35.5. The van der Waals surface area contributed by atoms with Gasteiger partial charge in [-0.1, -0.05) is 11.6 Å². The Balaban J connectivity index is 1.36. The van der Waals surface area contributed by atoms with Crippen LogP contribution in [0.3, 0.4) is 0 Å². The highest BCUT2D eigenvalue weighted by molar-refractivity contribution is 6.33. The minimum atomic E-state index is -0.418. The number of likely N-dealkylation sites (tertiary alicyclic amines) is 2. The first-order chi connectivity index (χ1) is 12.1. The van der Waals surface area contributed by atoms with Crippen LogP contribution in [0.5, 0.6) is 0 Å². The first kappa shape index (κ1) is 16.8. The molecule has 1 amide bonds. The fraction of sp³-hybridized carbons (Fsp3) is 0.706. The number of hydrogen-bond donors (Lipinski definition) is 1. The quantitative estimate of drug-likeness (QED) is 0.824. The number of nitrogens with zero attached hydrogens (tertiary/aromatic N) is 3. The van der Waals surface area contributed by atoms with Crippen LogP contribution in [0.1, 0.15) is 42.6 Å². The fourth-order valence-corrected chi connectivity index (χ4v) is 4.49. The second-order valence-corrected chi connectivity index (χ2v) is 7.81. The van der Waals surface area contributed by atoms with Crippen LogP contribution in [0, 0.1) is 5.41 Å². The molecule has 4 heterocycles. The Hall–Kier alpha value is -1.60. The van der Waals surface area contributed by atoms with Crippen LogP contribution >= 0.6 is 11.6 Å². The number of aromatic amines is 1. The fourth-order valence-electron chi connectivity index (χ4n) is 4.32. The van der Waals surface area contributed by atoms with E-state index < -0.39 is 5.41 Å². The summed E-state index contributed by atoms with van der Waals surface area (Å²) in [6.45, 7) is 4.14. The highest BCUT2D eigenvalue weighted by Crippen LogP contribution is 2.43. The van der Waals surface area contributed by atoms with Gasteiger partial charge in [0.25, 0.3) is 5.91 Å². The number of aromatic nitrogens is 2. The lowest BCUT2D eigenvalue weighted by molar-refractivity contribution is -0.150. The van der Waals surface area contributed by atoms with Crippen LogP contribution in [0.25, 0.3) is 0 Å². The number of esters is 1. The Morgan fingerprint density at radius 2 is 2.04 bits per heavy atom. The van der Waals surface area contributed by atoms with Crippen molar-refractivity contribution in [2.24, 2.45) is 5.41 Å². The number of halogens is 1. The highest BCUT2D eigenvalue weighted by Gasteiger charge is 2.51. The zero-order valence-corrected chi connectivity index (χ0v) is 14.9. The van der Waals surface area contributed by atoms with Crippen LogP contribution < -0.4 is 0 Å². The second kappa shape index (κ2) is 6.61. The standard InChI is InChI=1S/C17H23ClN4O3/c18-13-10-19-20-14(13)15(23)22-7-3-17(4-8-22)9-12(25-16(17)24)11-21-5-1-2-6-21/h10,12H,1-9,11H2,(H,19,20). The Bertz CT molecular complexity index is 663. The van der Waals surface area contributed by atoms with Gasteiger partial charge in [-0.2, -0.15) is 5.10 Å². The van der Waals surface area contributed by atoms with Gasteiger partial charge >= 0.3 is 5.97 Å². The number of piperidine rings is 1. The number of carbonyl (C=O) groups excluding carboxylic acids is 2.